The first kappa shape index (κ1) is 12.4. The van der Waals surface area contributed by atoms with Gasteiger partial charge in [-0.15, -0.1) is 0 Å². The first-order valence-electron chi connectivity index (χ1n) is 6.21. The number of nitriles is 1. The van der Waals surface area contributed by atoms with Crippen LogP contribution in [0.5, 0.6) is 0 Å². The fourth-order valence-corrected chi connectivity index (χ4v) is 2.36. The maximum atomic E-state index is 13.9. The summed E-state index contributed by atoms with van der Waals surface area (Å²) in [6.45, 7) is 0.693. The van der Waals surface area contributed by atoms with Gasteiger partial charge in [-0.3, -0.25) is 9.48 Å². The summed E-state index contributed by atoms with van der Waals surface area (Å²) in [7, 11) is 0. The third kappa shape index (κ3) is 1.93. The number of carbonyl (C=O) groups excluding carboxylic acids is 1. The quantitative estimate of drug-likeness (QED) is 0.892. The van der Waals surface area contributed by atoms with Crippen LogP contribution < -0.4 is 5.32 Å². The summed E-state index contributed by atoms with van der Waals surface area (Å²) in [4.78, 5) is 11.7. The summed E-state index contributed by atoms with van der Waals surface area (Å²) in [6.07, 6.45) is 2.13. The molecule has 1 aliphatic rings. The Balaban J connectivity index is 2.01. The smallest absolute Gasteiger partial charge is 0.254 e. The second-order valence-corrected chi connectivity index (χ2v) is 4.55. The van der Waals surface area contributed by atoms with E-state index in [0.717, 1.165) is 5.69 Å². The van der Waals surface area contributed by atoms with Crippen LogP contribution in [0, 0.1) is 17.1 Å². The molecule has 0 atom stereocenters. The highest BCUT2D eigenvalue weighted by atomic mass is 19.1. The number of aromatic nitrogens is 2. The molecule has 0 radical (unpaired) electrons. The van der Waals surface area contributed by atoms with Crippen molar-refractivity contribution in [1.82, 2.24) is 15.1 Å². The van der Waals surface area contributed by atoms with Gasteiger partial charge in [-0.05, 0) is 12.1 Å². The van der Waals surface area contributed by atoms with E-state index in [1.807, 2.05) is 6.07 Å². The summed E-state index contributed by atoms with van der Waals surface area (Å²) in [6, 6.07) is 6.37. The van der Waals surface area contributed by atoms with Crippen LogP contribution in [-0.4, -0.2) is 22.2 Å². The van der Waals surface area contributed by atoms with Gasteiger partial charge in [0, 0.05) is 18.5 Å². The van der Waals surface area contributed by atoms with Crippen molar-refractivity contribution in [2.45, 2.75) is 13.0 Å². The van der Waals surface area contributed by atoms with E-state index in [9.17, 15) is 9.18 Å². The number of nitrogens with one attached hydrogen (secondary N) is 1. The Bertz CT molecular complexity index is 729. The van der Waals surface area contributed by atoms with Crippen molar-refractivity contribution >= 4 is 5.91 Å². The van der Waals surface area contributed by atoms with Crippen molar-refractivity contribution in [3.05, 3.63) is 52.6 Å². The Kier molecular flexibility index (Phi) is 2.95. The molecule has 1 aromatic heterocycles. The highest BCUT2D eigenvalue weighted by Gasteiger charge is 2.22. The standard InChI is InChI=1S/C14H11FN4O/c15-12-3-1-2-9(6-16)11(12)8-19-13-4-5-17-14(20)10(13)7-18-19/h1-3,7H,4-5,8H2,(H,17,20). The molecule has 1 aliphatic heterocycles. The first-order chi connectivity index (χ1) is 9.70. The zero-order chi connectivity index (χ0) is 14.1. The van der Waals surface area contributed by atoms with Gasteiger partial charge in [0.1, 0.15) is 5.82 Å². The second kappa shape index (κ2) is 4.78. The molecule has 3 rings (SSSR count). The van der Waals surface area contributed by atoms with Crippen molar-refractivity contribution < 1.29 is 9.18 Å². The highest BCUT2D eigenvalue weighted by molar-refractivity contribution is 5.96. The molecule has 0 unspecified atom stereocenters. The van der Waals surface area contributed by atoms with Crippen molar-refractivity contribution in [3.8, 4) is 6.07 Å². The average molecular weight is 270 g/mol. The molecule has 1 aromatic carbocycles. The van der Waals surface area contributed by atoms with Gasteiger partial charge >= 0.3 is 0 Å². The van der Waals surface area contributed by atoms with Gasteiger partial charge in [0.25, 0.3) is 5.91 Å². The van der Waals surface area contributed by atoms with E-state index in [4.69, 9.17) is 5.26 Å². The lowest BCUT2D eigenvalue weighted by Gasteiger charge is -2.15. The van der Waals surface area contributed by atoms with Crippen LogP contribution in [0.15, 0.2) is 24.4 Å². The van der Waals surface area contributed by atoms with E-state index < -0.39 is 5.82 Å². The van der Waals surface area contributed by atoms with Gasteiger partial charge in [-0.25, -0.2) is 4.39 Å². The lowest BCUT2D eigenvalue weighted by Crippen LogP contribution is -2.32. The van der Waals surface area contributed by atoms with Crippen LogP contribution in [-0.2, 0) is 13.0 Å². The Hall–Kier alpha value is -2.68. The highest BCUT2D eigenvalue weighted by Crippen LogP contribution is 2.18. The number of hydrogen-bond donors (Lipinski definition) is 1. The van der Waals surface area contributed by atoms with Crippen molar-refractivity contribution in [3.63, 3.8) is 0 Å². The summed E-state index contributed by atoms with van der Waals surface area (Å²) in [5, 5.41) is 15.9. The van der Waals surface area contributed by atoms with Crippen LogP contribution in [0.25, 0.3) is 0 Å². The number of fused-ring (bicyclic) bond motifs is 1. The first-order valence-corrected chi connectivity index (χ1v) is 6.21. The van der Waals surface area contributed by atoms with E-state index >= 15 is 0 Å². The molecule has 100 valence electrons. The molecular formula is C14H11FN4O. The van der Waals surface area contributed by atoms with Crippen LogP contribution in [0.4, 0.5) is 4.39 Å². The number of hydrogen-bond acceptors (Lipinski definition) is 3. The summed E-state index contributed by atoms with van der Waals surface area (Å²) in [5.41, 5.74) is 1.88. The zero-order valence-electron chi connectivity index (χ0n) is 10.6. The number of amides is 1. The van der Waals surface area contributed by atoms with Gasteiger partial charge in [0.15, 0.2) is 0 Å². The van der Waals surface area contributed by atoms with Gasteiger partial charge in [-0.1, -0.05) is 6.07 Å². The number of halogens is 1. The Labute approximate surface area is 114 Å². The third-order valence-corrected chi connectivity index (χ3v) is 3.39. The summed E-state index contributed by atoms with van der Waals surface area (Å²) >= 11 is 0. The Morgan fingerprint density at radius 1 is 1.50 bits per heavy atom. The van der Waals surface area contributed by atoms with Gasteiger partial charge in [-0.2, -0.15) is 10.4 Å². The predicted octanol–water partition coefficient (Wildman–Crippen LogP) is 1.23. The third-order valence-electron chi connectivity index (χ3n) is 3.39. The molecule has 0 aliphatic carbocycles. The number of benzene rings is 1. The molecule has 5 nitrogen and oxygen atoms in total. The summed E-state index contributed by atoms with van der Waals surface area (Å²) in [5.74, 6) is -0.597. The molecule has 2 heterocycles. The van der Waals surface area contributed by atoms with E-state index in [1.54, 1.807) is 10.7 Å². The van der Waals surface area contributed by atoms with Crippen LogP contribution in [0.2, 0.25) is 0 Å². The number of nitrogens with zero attached hydrogens (tertiary/aromatic N) is 3. The minimum absolute atomic E-state index is 0.151. The molecule has 0 fully saturated rings. The van der Waals surface area contributed by atoms with E-state index in [2.05, 4.69) is 10.4 Å². The largest absolute Gasteiger partial charge is 0.352 e. The molecule has 0 saturated carbocycles. The second-order valence-electron chi connectivity index (χ2n) is 4.55. The molecule has 20 heavy (non-hydrogen) atoms. The zero-order valence-corrected chi connectivity index (χ0v) is 10.6. The van der Waals surface area contributed by atoms with Gasteiger partial charge in [0.05, 0.1) is 35.6 Å². The fraction of sp³-hybridized carbons (Fsp3) is 0.214. The van der Waals surface area contributed by atoms with Crippen LogP contribution in [0.3, 0.4) is 0 Å². The van der Waals surface area contributed by atoms with Gasteiger partial charge < -0.3 is 5.32 Å². The molecule has 0 spiro atoms. The molecule has 6 heteroatoms. The predicted molar refractivity (Wildman–Crippen MR) is 68.5 cm³/mol. The van der Waals surface area contributed by atoms with E-state index in [-0.39, 0.29) is 18.0 Å². The monoisotopic (exact) mass is 270 g/mol. The molecule has 2 aromatic rings. The molecule has 1 amide bonds. The Morgan fingerprint density at radius 2 is 2.35 bits per heavy atom. The minimum atomic E-state index is -0.437. The van der Waals surface area contributed by atoms with Crippen molar-refractivity contribution in [2.24, 2.45) is 0 Å². The maximum Gasteiger partial charge on any atom is 0.254 e. The van der Waals surface area contributed by atoms with Crippen molar-refractivity contribution in [2.75, 3.05) is 6.54 Å². The normalized spacial score (nSPS) is 13.5. The molecule has 1 N–H and O–H groups in total. The maximum absolute atomic E-state index is 13.9. The molecule has 0 bridgehead atoms. The van der Waals surface area contributed by atoms with Crippen LogP contribution in [0.1, 0.15) is 27.2 Å². The average Bonchev–Trinajstić information content (AvgIpc) is 2.86. The fourth-order valence-electron chi connectivity index (χ4n) is 2.36. The lowest BCUT2D eigenvalue weighted by molar-refractivity contribution is 0.0945. The van der Waals surface area contributed by atoms with Crippen LogP contribution >= 0.6 is 0 Å². The summed E-state index contributed by atoms with van der Waals surface area (Å²) < 4.78 is 15.5. The molecule has 0 saturated heterocycles. The minimum Gasteiger partial charge on any atom is -0.352 e. The van der Waals surface area contributed by atoms with E-state index in [0.29, 0.717) is 24.1 Å². The number of rotatable bonds is 2. The Morgan fingerprint density at radius 3 is 3.15 bits per heavy atom. The van der Waals surface area contributed by atoms with E-state index in [1.165, 1.54) is 18.3 Å². The lowest BCUT2D eigenvalue weighted by atomic mass is 10.1. The van der Waals surface area contributed by atoms with Crippen molar-refractivity contribution in [1.29, 1.82) is 5.26 Å². The topological polar surface area (TPSA) is 70.7 Å². The SMILES string of the molecule is N#Cc1cccc(F)c1Cn1ncc2c1CCNC2=O. The number of carbonyl (C=O) groups is 1. The molecular weight excluding hydrogens is 259 g/mol. The van der Waals surface area contributed by atoms with Gasteiger partial charge in [0.2, 0.25) is 0 Å².